The van der Waals surface area contributed by atoms with Crippen LogP contribution in [0.25, 0.3) is 16.6 Å². The van der Waals surface area contributed by atoms with E-state index in [-0.39, 0.29) is 17.2 Å². The third kappa shape index (κ3) is 3.17. The first kappa shape index (κ1) is 18.0. The van der Waals surface area contributed by atoms with Gasteiger partial charge in [-0.2, -0.15) is 23.3 Å². The average Bonchev–Trinajstić information content (AvgIpc) is 3.37. The number of aromatic nitrogens is 3. The van der Waals surface area contributed by atoms with Gasteiger partial charge >= 0.3 is 6.18 Å². The van der Waals surface area contributed by atoms with Crippen LogP contribution in [-0.2, 0) is 6.18 Å². The van der Waals surface area contributed by atoms with Gasteiger partial charge in [-0.15, -0.1) is 0 Å². The molecule has 3 aromatic rings. The molecule has 0 unspecified atom stereocenters. The van der Waals surface area contributed by atoms with Crippen molar-refractivity contribution in [1.29, 1.82) is 0 Å². The summed E-state index contributed by atoms with van der Waals surface area (Å²) < 4.78 is 41.6. The van der Waals surface area contributed by atoms with Gasteiger partial charge in [0, 0.05) is 17.5 Å². The van der Waals surface area contributed by atoms with Gasteiger partial charge in [-0.1, -0.05) is 6.07 Å². The maximum Gasteiger partial charge on any atom is 0.416 e. The molecule has 0 spiro atoms. The third-order valence-electron chi connectivity index (χ3n) is 4.47. The molecule has 0 aliphatic heterocycles. The lowest BCUT2D eigenvalue weighted by molar-refractivity contribution is -0.137. The molecule has 2 aromatic heterocycles. The molecule has 0 bridgehead atoms. The highest BCUT2D eigenvalue weighted by atomic mass is 19.4. The molecular weight excluding hydrogens is 373 g/mol. The number of alkyl halides is 3. The van der Waals surface area contributed by atoms with E-state index in [0.29, 0.717) is 16.6 Å². The fraction of sp³-hybridized carbons (Fsp3) is 0.222. The monoisotopic (exact) mass is 388 g/mol. The number of halogens is 3. The van der Waals surface area contributed by atoms with Crippen LogP contribution in [-0.4, -0.2) is 26.6 Å². The normalized spacial score (nSPS) is 14.2. The summed E-state index contributed by atoms with van der Waals surface area (Å²) in [6, 6.07) is 5.14. The molecule has 1 aromatic carbocycles. The van der Waals surface area contributed by atoms with Crippen LogP contribution in [0.1, 0.15) is 40.4 Å². The van der Waals surface area contributed by atoms with E-state index in [4.69, 9.17) is 11.5 Å². The van der Waals surface area contributed by atoms with Crippen molar-refractivity contribution in [3.05, 3.63) is 53.5 Å². The number of hydrogen-bond acceptors (Lipinski definition) is 3. The smallest absolute Gasteiger partial charge is 0.370 e. The van der Waals surface area contributed by atoms with Crippen molar-refractivity contribution < 1.29 is 18.0 Å². The third-order valence-corrected chi connectivity index (χ3v) is 4.47. The summed E-state index contributed by atoms with van der Waals surface area (Å²) in [4.78, 5) is 20.1. The summed E-state index contributed by atoms with van der Waals surface area (Å²) in [5.41, 5.74) is 10.9. The molecule has 1 aliphatic carbocycles. The zero-order valence-electron chi connectivity index (χ0n) is 14.4. The highest BCUT2D eigenvalue weighted by Gasteiger charge is 2.35. The standard InChI is InChI=1S/C18H15F3N6O/c19-18(20,21)11-6-10-2-1-5-24-14(10)13(7-11)27-15(9-3-4-9)12(8-25-27)16(28)26-17(22)23/h1-2,5-9H,3-4H2,(H4,22,23,26,28). The molecule has 1 fully saturated rings. The van der Waals surface area contributed by atoms with Crippen LogP contribution >= 0.6 is 0 Å². The quantitative estimate of drug-likeness (QED) is 0.529. The minimum absolute atomic E-state index is 0.0102. The number of guanidine groups is 1. The molecule has 0 saturated heterocycles. The van der Waals surface area contributed by atoms with Crippen LogP contribution in [0.3, 0.4) is 0 Å². The van der Waals surface area contributed by atoms with Crippen LogP contribution in [0.5, 0.6) is 0 Å². The Morgan fingerprint density at radius 2 is 2.00 bits per heavy atom. The molecule has 28 heavy (non-hydrogen) atoms. The van der Waals surface area contributed by atoms with Gasteiger partial charge in [0.15, 0.2) is 5.96 Å². The average molecular weight is 388 g/mol. The lowest BCUT2D eigenvalue weighted by atomic mass is 10.1. The van der Waals surface area contributed by atoms with E-state index in [1.807, 2.05) is 0 Å². The van der Waals surface area contributed by atoms with Gasteiger partial charge in [-0.25, -0.2) is 4.68 Å². The minimum Gasteiger partial charge on any atom is -0.370 e. The Bertz CT molecular complexity index is 1110. The van der Waals surface area contributed by atoms with Gasteiger partial charge in [0.2, 0.25) is 0 Å². The highest BCUT2D eigenvalue weighted by molar-refractivity contribution is 6.03. The molecule has 7 nitrogen and oxygen atoms in total. The van der Waals surface area contributed by atoms with E-state index in [9.17, 15) is 18.0 Å². The van der Waals surface area contributed by atoms with Crippen LogP contribution in [0.4, 0.5) is 13.2 Å². The number of nitrogens with zero attached hydrogens (tertiary/aromatic N) is 4. The number of aliphatic imine (C=N–C) groups is 1. The molecule has 4 rings (SSSR count). The summed E-state index contributed by atoms with van der Waals surface area (Å²) in [6.07, 6.45) is -0.193. The zero-order valence-corrected chi connectivity index (χ0v) is 14.4. The van der Waals surface area contributed by atoms with E-state index >= 15 is 0 Å². The Kier molecular flexibility index (Phi) is 4.06. The minimum atomic E-state index is -4.54. The number of amides is 1. The Balaban J connectivity index is 1.97. The van der Waals surface area contributed by atoms with Crippen molar-refractivity contribution in [2.24, 2.45) is 16.5 Å². The summed E-state index contributed by atoms with van der Waals surface area (Å²) in [5.74, 6) is -1.09. The molecule has 0 atom stereocenters. The number of carbonyl (C=O) groups excluding carboxylic acids is 1. The zero-order chi connectivity index (χ0) is 20.1. The number of carbonyl (C=O) groups is 1. The van der Waals surface area contributed by atoms with Gasteiger partial charge in [0.1, 0.15) is 0 Å². The molecule has 1 aliphatic rings. The van der Waals surface area contributed by atoms with E-state index in [1.54, 1.807) is 12.1 Å². The second kappa shape index (κ2) is 6.32. The summed E-state index contributed by atoms with van der Waals surface area (Å²) in [6.45, 7) is 0. The van der Waals surface area contributed by atoms with Crippen LogP contribution in [0.2, 0.25) is 0 Å². The van der Waals surface area contributed by atoms with Gasteiger partial charge in [0.05, 0.1) is 34.2 Å². The van der Waals surface area contributed by atoms with Crippen molar-refractivity contribution in [3.63, 3.8) is 0 Å². The molecule has 144 valence electrons. The molecule has 10 heteroatoms. The topological polar surface area (TPSA) is 112 Å². The fourth-order valence-electron chi connectivity index (χ4n) is 3.14. The Labute approximate surface area is 156 Å². The number of fused-ring (bicyclic) bond motifs is 1. The molecule has 4 N–H and O–H groups in total. The molecule has 1 saturated carbocycles. The van der Waals surface area contributed by atoms with Crippen LogP contribution in [0, 0.1) is 0 Å². The number of nitrogens with two attached hydrogens (primary N) is 2. The van der Waals surface area contributed by atoms with E-state index < -0.39 is 23.6 Å². The van der Waals surface area contributed by atoms with Gasteiger partial charge in [-0.3, -0.25) is 9.78 Å². The lowest BCUT2D eigenvalue weighted by Gasteiger charge is -2.14. The second-order valence-corrected chi connectivity index (χ2v) is 6.54. The van der Waals surface area contributed by atoms with Gasteiger partial charge in [0.25, 0.3) is 5.91 Å². The van der Waals surface area contributed by atoms with Crippen molar-refractivity contribution >= 4 is 22.8 Å². The van der Waals surface area contributed by atoms with Crippen molar-refractivity contribution in [3.8, 4) is 5.69 Å². The first-order valence-electron chi connectivity index (χ1n) is 8.44. The molecule has 1 amide bonds. The Hall–Kier alpha value is -3.43. The maximum absolute atomic E-state index is 13.4. The van der Waals surface area contributed by atoms with Crippen molar-refractivity contribution in [1.82, 2.24) is 14.8 Å². The SMILES string of the molecule is NC(N)=NC(=O)c1cnn(-c2cc(C(F)(F)F)cc3cccnc23)c1C1CC1. The van der Waals surface area contributed by atoms with E-state index in [2.05, 4.69) is 15.1 Å². The second-order valence-electron chi connectivity index (χ2n) is 6.54. The predicted molar refractivity (Wildman–Crippen MR) is 96.0 cm³/mol. The number of rotatable bonds is 3. The van der Waals surface area contributed by atoms with Crippen LogP contribution in [0.15, 0.2) is 41.7 Å². The largest absolute Gasteiger partial charge is 0.416 e. The Morgan fingerprint density at radius 3 is 2.64 bits per heavy atom. The fourth-order valence-corrected chi connectivity index (χ4v) is 3.14. The van der Waals surface area contributed by atoms with Gasteiger partial charge in [-0.05, 0) is 31.0 Å². The Morgan fingerprint density at radius 1 is 1.25 bits per heavy atom. The maximum atomic E-state index is 13.4. The molecular formula is C18H15F3N6O. The van der Waals surface area contributed by atoms with E-state index in [0.717, 1.165) is 25.0 Å². The summed E-state index contributed by atoms with van der Waals surface area (Å²) >= 11 is 0. The van der Waals surface area contributed by atoms with E-state index in [1.165, 1.54) is 17.1 Å². The lowest BCUT2D eigenvalue weighted by Crippen LogP contribution is -2.24. The van der Waals surface area contributed by atoms with Crippen LogP contribution < -0.4 is 11.5 Å². The molecule has 0 radical (unpaired) electrons. The number of benzene rings is 1. The summed E-state index contributed by atoms with van der Waals surface area (Å²) in [5, 5.41) is 4.51. The highest BCUT2D eigenvalue weighted by Crippen LogP contribution is 2.43. The first-order valence-corrected chi connectivity index (χ1v) is 8.44. The van der Waals surface area contributed by atoms with Crippen molar-refractivity contribution in [2.45, 2.75) is 24.9 Å². The summed E-state index contributed by atoms with van der Waals surface area (Å²) in [7, 11) is 0. The number of hydrogen-bond donors (Lipinski definition) is 2. The van der Waals surface area contributed by atoms with Gasteiger partial charge < -0.3 is 11.5 Å². The number of pyridine rings is 1. The molecule has 2 heterocycles. The first-order chi connectivity index (χ1) is 13.3. The predicted octanol–water partition coefficient (Wildman–Crippen LogP) is 2.73. The van der Waals surface area contributed by atoms with Crippen molar-refractivity contribution in [2.75, 3.05) is 0 Å².